The molecule has 2 heterocycles. The van der Waals surface area contributed by atoms with Gasteiger partial charge in [0, 0.05) is 12.7 Å². The quantitative estimate of drug-likeness (QED) is 0.619. The minimum atomic E-state index is -0.241. The summed E-state index contributed by atoms with van der Waals surface area (Å²) in [5, 5.41) is 8.70. The SMILES string of the molecule is CCn1cc(Cc2nc(C3(c4ccc(OC)c(OC)c4)CCCC3)no2)cn1. The molecular formula is C21H26N4O3. The van der Waals surface area contributed by atoms with Crippen LogP contribution >= 0.6 is 0 Å². The smallest absolute Gasteiger partial charge is 0.231 e. The summed E-state index contributed by atoms with van der Waals surface area (Å²) in [5.74, 6) is 2.83. The lowest BCUT2D eigenvalue weighted by Crippen LogP contribution is -2.25. The van der Waals surface area contributed by atoms with Crippen LogP contribution in [0.4, 0.5) is 0 Å². The van der Waals surface area contributed by atoms with Gasteiger partial charge in [-0.1, -0.05) is 24.1 Å². The van der Waals surface area contributed by atoms with Gasteiger partial charge in [0.25, 0.3) is 0 Å². The number of ether oxygens (including phenoxy) is 2. The van der Waals surface area contributed by atoms with Gasteiger partial charge in [0.1, 0.15) is 0 Å². The van der Waals surface area contributed by atoms with Crippen LogP contribution in [-0.4, -0.2) is 34.1 Å². The Morgan fingerprint density at radius 3 is 2.61 bits per heavy atom. The van der Waals surface area contributed by atoms with E-state index in [1.807, 2.05) is 29.2 Å². The van der Waals surface area contributed by atoms with Crippen LogP contribution in [0.3, 0.4) is 0 Å². The zero-order valence-electron chi connectivity index (χ0n) is 16.6. The maximum Gasteiger partial charge on any atom is 0.231 e. The highest BCUT2D eigenvalue weighted by Gasteiger charge is 2.42. The molecule has 1 aliphatic rings. The third-order valence-electron chi connectivity index (χ3n) is 5.66. The fourth-order valence-corrected chi connectivity index (χ4v) is 4.12. The normalized spacial score (nSPS) is 15.7. The molecule has 0 amide bonds. The van der Waals surface area contributed by atoms with Crippen molar-refractivity contribution in [3.8, 4) is 11.5 Å². The van der Waals surface area contributed by atoms with Crippen molar-refractivity contribution in [2.24, 2.45) is 0 Å². The zero-order chi connectivity index (χ0) is 19.6. The van der Waals surface area contributed by atoms with E-state index in [-0.39, 0.29) is 5.41 Å². The van der Waals surface area contributed by atoms with E-state index < -0.39 is 0 Å². The summed E-state index contributed by atoms with van der Waals surface area (Å²) >= 11 is 0. The average molecular weight is 382 g/mol. The van der Waals surface area contributed by atoms with E-state index in [1.54, 1.807) is 14.2 Å². The van der Waals surface area contributed by atoms with Crippen molar-refractivity contribution >= 4 is 0 Å². The molecule has 0 saturated heterocycles. The van der Waals surface area contributed by atoms with E-state index in [0.29, 0.717) is 12.3 Å². The Kier molecular flexibility index (Phi) is 5.07. The summed E-state index contributed by atoms with van der Waals surface area (Å²) in [6.45, 7) is 2.91. The molecule has 28 heavy (non-hydrogen) atoms. The monoisotopic (exact) mass is 382 g/mol. The fourth-order valence-electron chi connectivity index (χ4n) is 4.12. The number of aryl methyl sites for hydroxylation is 1. The molecule has 7 heteroatoms. The largest absolute Gasteiger partial charge is 0.493 e. The molecule has 7 nitrogen and oxygen atoms in total. The van der Waals surface area contributed by atoms with Crippen LogP contribution in [0.1, 0.15) is 55.4 Å². The number of rotatable bonds is 7. The second-order valence-electron chi connectivity index (χ2n) is 7.25. The van der Waals surface area contributed by atoms with Gasteiger partial charge in [0.15, 0.2) is 17.3 Å². The van der Waals surface area contributed by atoms with Gasteiger partial charge in [-0.15, -0.1) is 0 Å². The topological polar surface area (TPSA) is 75.2 Å². The molecule has 2 aromatic heterocycles. The van der Waals surface area contributed by atoms with Gasteiger partial charge in [0.2, 0.25) is 5.89 Å². The van der Waals surface area contributed by atoms with E-state index in [1.165, 1.54) is 0 Å². The van der Waals surface area contributed by atoms with Crippen LogP contribution < -0.4 is 9.47 Å². The van der Waals surface area contributed by atoms with E-state index in [0.717, 1.165) is 60.7 Å². The first kappa shape index (κ1) is 18.5. The Morgan fingerprint density at radius 2 is 1.93 bits per heavy atom. The zero-order valence-corrected chi connectivity index (χ0v) is 16.6. The Hall–Kier alpha value is -2.83. The summed E-state index contributed by atoms with van der Waals surface area (Å²) in [4.78, 5) is 4.78. The highest BCUT2D eigenvalue weighted by atomic mass is 16.5. The molecule has 0 unspecified atom stereocenters. The predicted octanol–water partition coefficient (Wildman–Crippen LogP) is 3.75. The van der Waals surface area contributed by atoms with Crippen molar-refractivity contribution < 1.29 is 14.0 Å². The molecule has 1 aromatic carbocycles. The van der Waals surface area contributed by atoms with Gasteiger partial charge >= 0.3 is 0 Å². The number of methoxy groups -OCH3 is 2. The molecular weight excluding hydrogens is 356 g/mol. The average Bonchev–Trinajstić information content (AvgIpc) is 3.48. The van der Waals surface area contributed by atoms with Gasteiger partial charge in [0.05, 0.1) is 32.3 Å². The third kappa shape index (κ3) is 3.25. The van der Waals surface area contributed by atoms with Crippen molar-refractivity contribution in [3.05, 3.63) is 53.4 Å². The first-order chi connectivity index (χ1) is 13.7. The van der Waals surface area contributed by atoms with Crippen LogP contribution in [0.15, 0.2) is 35.1 Å². The van der Waals surface area contributed by atoms with Gasteiger partial charge in [-0.2, -0.15) is 10.1 Å². The van der Waals surface area contributed by atoms with Crippen molar-refractivity contribution in [3.63, 3.8) is 0 Å². The van der Waals surface area contributed by atoms with Crippen molar-refractivity contribution in [2.75, 3.05) is 14.2 Å². The minimum Gasteiger partial charge on any atom is -0.493 e. The number of benzene rings is 1. The van der Waals surface area contributed by atoms with Crippen LogP contribution in [0.2, 0.25) is 0 Å². The van der Waals surface area contributed by atoms with Gasteiger partial charge in [-0.25, -0.2) is 0 Å². The molecule has 1 fully saturated rings. The number of aromatic nitrogens is 4. The van der Waals surface area contributed by atoms with Crippen molar-refractivity contribution in [1.29, 1.82) is 0 Å². The predicted molar refractivity (Wildman–Crippen MR) is 104 cm³/mol. The highest BCUT2D eigenvalue weighted by Crippen LogP contribution is 2.47. The van der Waals surface area contributed by atoms with Gasteiger partial charge < -0.3 is 14.0 Å². The molecule has 148 valence electrons. The number of nitrogens with zero attached hydrogens (tertiary/aromatic N) is 4. The van der Waals surface area contributed by atoms with Crippen LogP contribution in [0.5, 0.6) is 11.5 Å². The first-order valence-corrected chi connectivity index (χ1v) is 9.75. The van der Waals surface area contributed by atoms with Crippen molar-refractivity contribution in [2.45, 2.75) is 51.0 Å². The molecule has 3 aromatic rings. The third-order valence-corrected chi connectivity index (χ3v) is 5.66. The summed E-state index contributed by atoms with van der Waals surface area (Å²) in [5.41, 5.74) is 1.98. The molecule has 0 radical (unpaired) electrons. The van der Waals surface area contributed by atoms with E-state index in [9.17, 15) is 0 Å². The molecule has 4 rings (SSSR count). The Bertz CT molecular complexity index is 941. The molecule has 1 saturated carbocycles. The fraction of sp³-hybridized carbons (Fsp3) is 0.476. The van der Waals surface area contributed by atoms with Crippen molar-refractivity contribution in [1.82, 2.24) is 19.9 Å². The Labute approximate surface area is 164 Å². The summed E-state index contributed by atoms with van der Waals surface area (Å²) in [6, 6.07) is 6.09. The summed E-state index contributed by atoms with van der Waals surface area (Å²) in [6.07, 6.45) is 8.74. The first-order valence-electron chi connectivity index (χ1n) is 9.75. The lowest BCUT2D eigenvalue weighted by molar-refractivity contribution is 0.350. The van der Waals surface area contributed by atoms with Gasteiger partial charge in [-0.05, 0) is 43.0 Å². The van der Waals surface area contributed by atoms with E-state index >= 15 is 0 Å². The number of hydrogen-bond acceptors (Lipinski definition) is 6. The molecule has 0 bridgehead atoms. The molecule has 0 aliphatic heterocycles. The Morgan fingerprint density at radius 1 is 1.14 bits per heavy atom. The Balaban J connectivity index is 1.66. The lowest BCUT2D eigenvalue weighted by Gasteiger charge is -2.26. The summed E-state index contributed by atoms with van der Waals surface area (Å²) in [7, 11) is 3.31. The van der Waals surface area contributed by atoms with E-state index in [4.69, 9.17) is 19.0 Å². The highest BCUT2D eigenvalue weighted by molar-refractivity contribution is 5.47. The lowest BCUT2D eigenvalue weighted by atomic mass is 9.78. The second kappa shape index (κ2) is 7.66. The van der Waals surface area contributed by atoms with Crippen LogP contribution in [0, 0.1) is 0 Å². The number of hydrogen-bond donors (Lipinski definition) is 0. The molecule has 0 N–H and O–H groups in total. The van der Waals surface area contributed by atoms with E-state index in [2.05, 4.69) is 23.2 Å². The standard InChI is InChI=1S/C21H26N4O3/c1-4-25-14-15(13-22-25)11-19-23-20(24-28-19)21(9-5-6-10-21)16-7-8-17(26-2)18(12-16)27-3/h7-8,12-14H,4-6,9-11H2,1-3H3. The minimum absolute atomic E-state index is 0.241. The van der Waals surface area contributed by atoms with Gasteiger partial charge in [-0.3, -0.25) is 4.68 Å². The molecule has 0 spiro atoms. The second-order valence-corrected chi connectivity index (χ2v) is 7.25. The molecule has 1 aliphatic carbocycles. The van der Waals surface area contributed by atoms with Crippen LogP contribution in [0.25, 0.3) is 0 Å². The maximum atomic E-state index is 5.62. The summed E-state index contributed by atoms with van der Waals surface area (Å²) < 4.78 is 18.4. The van der Waals surface area contributed by atoms with Crippen LogP contribution in [-0.2, 0) is 18.4 Å². The maximum absolute atomic E-state index is 5.62. The molecule has 0 atom stereocenters.